The highest BCUT2D eigenvalue weighted by Crippen LogP contribution is 2.29. The van der Waals surface area contributed by atoms with Crippen molar-refractivity contribution < 1.29 is 9.18 Å². The monoisotopic (exact) mass is 440 g/mol. The molecular formula is C25H17FN4OS. The molecule has 0 atom stereocenters. The molecule has 0 saturated carbocycles. The van der Waals surface area contributed by atoms with E-state index in [-0.39, 0.29) is 5.91 Å². The maximum Gasteiger partial charge on any atom is 0.256 e. The molecule has 0 spiro atoms. The average Bonchev–Trinajstić information content (AvgIpc) is 3.30. The third kappa shape index (κ3) is 3.98. The van der Waals surface area contributed by atoms with Crippen LogP contribution in [-0.2, 0) is 0 Å². The lowest BCUT2D eigenvalue weighted by Crippen LogP contribution is -2.13. The largest absolute Gasteiger partial charge is 0.322 e. The molecule has 0 bridgehead atoms. The second-order valence-corrected chi connectivity index (χ2v) is 8.12. The van der Waals surface area contributed by atoms with Crippen LogP contribution >= 0.6 is 11.3 Å². The minimum absolute atomic E-state index is 0.323. The first-order valence-electron chi connectivity index (χ1n) is 9.92. The summed E-state index contributed by atoms with van der Waals surface area (Å²) in [6.07, 6.45) is 1.74. The Morgan fingerprint density at radius 1 is 0.969 bits per heavy atom. The molecular weight excluding hydrogens is 423 g/mol. The molecule has 1 amide bonds. The van der Waals surface area contributed by atoms with E-state index in [0.29, 0.717) is 27.8 Å². The van der Waals surface area contributed by atoms with E-state index in [1.54, 1.807) is 18.3 Å². The van der Waals surface area contributed by atoms with Gasteiger partial charge in [0.1, 0.15) is 10.8 Å². The number of halogens is 1. The third-order valence-electron chi connectivity index (χ3n) is 4.95. The smallest absolute Gasteiger partial charge is 0.256 e. The van der Waals surface area contributed by atoms with Crippen molar-refractivity contribution in [1.82, 2.24) is 15.0 Å². The van der Waals surface area contributed by atoms with E-state index in [2.05, 4.69) is 20.3 Å². The van der Waals surface area contributed by atoms with Crippen LogP contribution in [0.1, 0.15) is 16.1 Å². The highest BCUT2D eigenvalue weighted by molar-refractivity contribution is 7.13. The highest BCUT2D eigenvalue weighted by atomic mass is 32.1. The van der Waals surface area contributed by atoms with Crippen LogP contribution in [0, 0.1) is 12.7 Å². The van der Waals surface area contributed by atoms with E-state index in [9.17, 15) is 9.18 Å². The number of fused-ring (bicyclic) bond motifs is 1. The van der Waals surface area contributed by atoms with Crippen LogP contribution in [0.2, 0.25) is 0 Å². The summed E-state index contributed by atoms with van der Waals surface area (Å²) in [5.74, 6) is -0.734. The summed E-state index contributed by atoms with van der Waals surface area (Å²) < 4.78 is 13.8. The summed E-state index contributed by atoms with van der Waals surface area (Å²) in [7, 11) is 0. The van der Waals surface area contributed by atoms with Crippen molar-refractivity contribution in [3.05, 3.63) is 95.4 Å². The minimum Gasteiger partial charge on any atom is -0.322 e. The molecule has 3 aromatic heterocycles. The molecule has 2 aromatic carbocycles. The van der Waals surface area contributed by atoms with Crippen LogP contribution in [0.3, 0.4) is 0 Å². The molecule has 3 heterocycles. The molecule has 0 radical (unpaired) electrons. The van der Waals surface area contributed by atoms with Gasteiger partial charge < -0.3 is 5.32 Å². The number of hydrogen-bond donors (Lipinski definition) is 1. The van der Waals surface area contributed by atoms with Crippen molar-refractivity contribution in [2.75, 3.05) is 5.32 Å². The lowest BCUT2D eigenvalue weighted by atomic mass is 10.1. The van der Waals surface area contributed by atoms with E-state index >= 15 is 0 Å². The highest BCUT2D eigenvalue weighted by Gasteiger charge is 2.14. The van der Waals surface area contributed by atoms with Crippen LogP contribution in [0.15, 0.2) is 78.3 Å². The Balaban J connectivity index is 1.44. The van der Waals surface area contributed by atoms with Gasteiger partial charge in [0.15, 0.2) is 0 Å². The van der Waals surface area contributed by atoms with E-state index in [4.69, 9.17) is 0 Å². The van der Waals surface area contributed by atoms with Gasteiger partial charge >= 0.3 is 0 Å². The van der Waals surface area contributed by atoms with E-state index < -0.39 is 5.82 Å². The van der Waals surface area contributed by atoms with Gasteiger partial charge in [-0.15, -0.1) is 11.3 Å². The minimum atomic E-state index is -0.411. The van der Waals surface area contributed by atoms with Crippen LogP contribution in [0.5, 0.6) is 0 Å². The van der Waals surface area contributed by atoms with Gasteiger partial charge in [-0.05, 0) is 55.5 Å². The average molecular weight is 441 g/mol. The van der Waals surface area contributed by atoms with Crippen molar-refractivity contribution >= 4 is 33.8 Å². The molecule has 7 heteroatoms. The molecule has 156 valence electrons. The first-order chi connectivity index (χ1) is 15.6. The van der Waals surface area contributed by atoms with E-state index in [1.807, 2.05) is 54.8 Å². The third-order valence-corrected chi connectivity index (χ3v) is 5.81. The molecule has 0 aliphatic carbocycles. The standard InChI is InChI=1S/C25H17FN4OS/c1-15-11-20(19-13-17(26)8-9-21(19)28-15)24(31)29-18-6-4-5-16(12-18)23-14-32-25(30-23)22-7-2-3-10-27-22/h2-14H,1H3,(H,29,31). The van der Waals surface area contributed by atoms with Crippen LogP contribution < -0.4 is 5.32 Å². The SMILES string of the molecule is Cc1cc(C(=O)Nc2cccc(-c3csc(-c4ccccn4)n3)c2)c2cc(F)ccc2n1. The Hall–Kier alpha value is -3.97. The number of nitrogens with zero attached hydrogens (tertiary/aromatic N) is 3. The van der Waals surface area contributed by atoms with Gasteiger partial charge in [-0.3, -0.25) is 14.8 Å². The maximum atomic E-state index is 13.8. The van der Waals surface area contributed by atoms with Crippen LogP contribution in [-0.4, -0.2) is 20.9 Å². The van der Waals surface area contributed by atoms with Gasteiger partial charge in [-0.1, -0.05) is 18.2 Å². The lowest BCUT2D eigenvalue weighted by Gasteiger charge is -2.10. The van der Waals surface area contributed by atoms with Crippen molar-refractivity contribution in [2.24, 2.45) is 0 Å². The first-order valence-corrected chi connectivity index (χ1v) is 10.8. The zero-order valence-electron chi connectivity index (χ0n) is 17.0. The van der Waals surface area contributed by atoms with Crippen LogP contribution in [0.4, 0.5) is 10.1 Å². The predicted molar refractivity (Wildman–Crippen MR) is 125 cm³/mol. The second-order valence-electron chi connectivity index (χ2n) is 7.26. The number of carbonyl (C=O) groups excluding carboxylic acids is 1. The number of pyridine rings is 2. The molecule has 1 N–H and O–H groups in total. The lowest BCUT2D eigenvalue weighted by molar-refractivity contribution is 0.102. The molecule has 0 aliphatic rings. The fourth-order valence-electron chi connectivity index (χ4n) is 3.49. The topological polar surface area (TPSA) is 67.8 Å². The molecule has 5 aromatic rings. The van der Waals surface area contributed by atoms with Crippen molar-refractivity contribution in [1.29, 1.82) is 0 Å². The molecule has 0 unspecified atom stereocenters. The van der Waals surface area contributed by atoms with Gasteiger partial charge in [0.25, 0.3) is 5.91 Å². The number of rotatable bonds is 4. The zero-order valence-corrected chi connectivity index (χ0v) is 17.9. The fraction of sp³-hybridized carbons (Fsp3) is 0.0400. The van der Waals surface area contributed by atoms with Crippen LogP contribution in [0.25, 0.3) is 32.9 Å². The molecule has 0 fully saturated rings. The number of amides is 1. The Labute approximate surface area is 187 Å². The number of nitrogens with one attached hydrogen (secondary N) is 1. The van der Waals surface area contributed by atoms with Crippen molar-refractivity contribution in [2.45, 2.75) is 6.92 Å². The molecule has 5 nitrogen and oxygen atoms in total. The quantitative estimate of drug-likeness (QED) is 0.366. The molecule has 0 saturated heterocycles. The summed E-state index contributed by atoms with van der Waals surface area (Å²) in [5.41, 5.74) is 4.77. The Morgan fingerprint density at radius 3 is 2.72 bits per heavy atom. The number of benzene rings is 2. The van der Waals surface area contributed by atoms with Gasteiger partial charge in [0.2, 0.25) is 0 Å². The van der Waals surface area contributed by atoms with Gasteiger partial charge in [0, 0.05) is 33.9 Å². The number of carbonyl (C=O) groups is 1. The van der Waals surface area contributed by atoms with E-state index in [1.165, 1.54) is 23.5 Å². The summed E-state index contributed by atoms with van der Waals surface area (Å²) in [6, 6.07) is 19.1. The summed E-state index contributed by atoms with van der Waals surface area (Å²) in [4.78, 5) is 26.5. The number of aromatic nitrogens is 3. The van der Waals surface area contributed by atoms with Gasteiger partial charge in [0.05, 0.1) is 22.5 Å². The summed E-state index contributed by atoms with van der Waals surface area (Å²) in [5, 5.41) is 6.19. The predicted octanol–water partition coefficient (Wildman–Crippen LogP) is 6.12. The second kappa shape index (κ2) is 8.28. The number of aryl methyl sites for hydroxylation is 1. The summed E-state index contributed by atoms with van der Waals surface area (Å²) >= 11 is 1.52. The molecule has 32 heavy (non-hydrogen) atoms. The number of anilines is 1. The zero-order chi connectivity index (χ0) is 22.1. The Kier molecular flexibility index (Phi) is 5.17. The Morgan fingerprint density at radius 2 is 1.88 bits per heavy atom. The van der Waals surface area contributed by atoms with E-state index in [0.717, 1.165) is 22.0 Å². The van der Waals surface area contributed by atoms with Gasteiger partial charge in [-0.2, -0.15) is 0 Å². The summed E-state index contributed by atoms with van der Waals surface area (Å²) in [6.45, 7) is 1.81. The Bertz CT molecular complexity index is 1450. The van der Waals surface area contributed by atoms with Crippen molar-refractivity contribution in [3.63, 3.8) is 0 Å². The van der Waals surface area contributed by atoms with Crippen molar-refractivity contribution in [3.8, 4) is 22.0 Å². The molecule has 0 aliphatic heterocycles. The number of thiazole rings is 1. The number of hydrogen-bond acceptors (Lipinski definition) is 5. The van der Waals surface area contributed by atoms with Gasteiger partial charge in [-0.25, -0.2) is 9.37 Å². The maximum absolute atomic E-state index is 13.8. The first kappa shape index (κ1) is 20.0. The fourth-order valence-corrected chi connectivity index (χ4v) is 4.29. The molecule has 5 rings (SSSR count). The normalized spacial score (nSPS) is 10.9.